The molecule has 0 radical (unpaired) electrons. The molecule has 0 aliphatic heterocycles. The van der Waals surface area contributed by atoms with Crippen molar-refractivity contribution in [2.75, 3.05) is 18.4 Å². The van der Waals surface area contributed by atoms with E-state index in [1.807, 2.05) is 11.3 Å². The lowest BCUT2D eigenvalue weighted by Crippen LogP contribution is -2.39. The van der Waals surface area contributed by atoms with Gasteiger partial charge in [0.1, 0.15) is 0 Å². The van der Waals surface area contributed by atoms with Crippen LogP contribution < -0.4 is 0 Å². The van der Waals surface area contributed by atoms with Gasteiger partial charge >= 0.3 is 0 Å². The maximum atomic E-state index is 3.60. The van der Waals surface area contributed by atoms with Crippen LogP contribution in [0.25, 0.3) is 0 Å². The van der Waals surface area contributed by atoms with Crippen LogP contribution in [0.4, 0.5) is 0 Å². The Hall–Kier alpha value is 0.140. The number of halogens is 1. The second kappa shape index (κ2) is 7.55. The summed E-state index contributed by atoms with van der Waals surface area (Å²) in [5.41, 5.74) is 1.50. The minimum Gasteiger partial charge on any atom is -0.299 e. The number of rotatable bonds is 6. The van der Waals surface area contributed by atoms with E-state index in [1.165, 1.54) is 57.2 Å². The zero-order valence-corrected chi connectivity index (χ0v) is 12.8. The highest BCUT2D eigenvalue weighted by Gasteiger charge is 2.20. The fourth-order valence-corrected chi connectivity index (χ4v) is 3.90. The Kier molecular flexibility index (Phi) is 6.02. The summed E-state index contributed by atoms with van der Waals surface area (Å²) in [6.07, 6.45) is 8.35. The third kappa shape index (κ3) is 4.38. The van der Waals surface area contributed by atoms with E-state index in [0.717, 1.165) is 11.4 Å². The van der Waals surface area contributed by atoms with Crippen LogP contribution in [-0.2, 0) is 6.42 Å². The Morgan fingerprint density at radius 3 is 2.71 bits per heavy atom. The third-order valence-corrected chi connectivity index (χ3v) is 4.82. The molecule has 1 fully saturated rings. The lowest BCUT2D eigenvalue weighted by atomic mass is 9.94. The summed E-state index contributed by atoms with van der Waals surface area (Å²) in [4.78, 5) is 2.70. The molecule has 17 heavy (non-hydrogen) atoms. The van der Waals surface area contributed by atoms with Gasteiger partial charge in [-0.25, -0.2) is 0 Å². The van der Waals surface area contributed by atoms with E-state index in [-0.39, 0.29) is 0 Å². The van der Waals surface area contributed by atoms with Gasteiger partial charge in [0.15, 0.2) is 0 Å². The Morgan fingerprint density at radius 1 is 1.24 bits per heavy atom. The average Bonchev–Trinajstić information content (AvgIpc) is 2.88. The van der Waals surface area contributed by atoms with E-state index in [1.54, 1.807) is 0 Å². The van der Waals surface area contributed by atoms with Crippen LogP contribution in [0.15, 0.2) is 16.8 Å². The van der Waals surface area contributed by atoms with Gasteiger partial charge in [-0.2, -0.15) is 11.3 Å². The van der Waals surface area contributed by atoms with Crippen molar-refractivity contribution in [1.82, 2.24) is 4.90 Å². The molecular formula is C14H22BrNS. The Balaban J connectivity index is 1.82. The molecule has 3 heteroatoms. The van der Waals surface area contributed by atoms with Gasteiger partial charge < -0.3 is 0 Å². The highest BCUT2D eigenvalue weighted by molar-refractivity contribution is 9.09. The molecular weight excluding hydrogens is 294 g/mol. The normalized spacial score (nSPS) is 17.8. The monoisotopic (exact) mass is 315 g/mol. The minimum atomic E-state index is 0.847. The maximum Gasteiger partial charge on any atom is 0.0159 e. The van der Waals surface area contributed by atoms with E-state index in [2.05, 4.69) is 37.7 Å². The molecule has 1 saturated carbocycles. The van der Waals surface area contributed by atoms with Gasteiger partial charge in [0.2, 0.25) is 0 Å². The summed E-state index contributed by atoms with van der Waals surface area (Å²) >= 11 is 5.41. The second-order valence-electron chi connectivity index (χ2n) is 4.90. The number of alkyl halides is 1. The molecule has 0 saturated heterocycles. The number of hydrogen-bond acceptors (Lipinski definition) is 2. The molecule has 96 valence electrons. The van der Waals surface area contributed by atoms with Crippen molar-refractivity contribution >= 4 is 27.3 Å². The van der Waals surface area contributed by atoms with Gasteiger partial charge in [-0.3, -0.25) is 4.90 Å². The molecule has 2 rings (SSSR count). The van der Waals surface area contributed by atoms with E-state index in [4.69, 9.17) is 0 Å². The van der Waals surface area contributed by atoms with Gasteiger partial charge in [0.05, 0.1) is 0 Å². The first-order chi connectivity index (χ1) is 8.40. The van der Waals surface area contributed by atoms with E-state index < -0.39 is 0 Å². The molecule has 0 aromatic carbocycles. The quantitative estimate of drug-likeness (QED) is 0.707. The van der Waals surface area contributed by atoms with Crippen molar-refractivity contribution in [3.63, 3.8) is 0 Å². The Labute approximate surface area is 117 Å². The van der Waals surface area contributed by atoms with Crippen molar-refractivity contribution in [3.8, 4) is 0 Å². The van der Waals surface area contributed by atoms with Crippen LogP contribution in [0.5, 0.6) is 0 Å². The molecule has 1 nitrogen and oxygen atoms in total. The number of hydrogen-bond donors (Lipinski definition) is 0. The van der Waals surface area contributed by atoms with Gasteiger partial charge in [0, 0.05) is 24.5 Å². The fourth-order valence-electron chi connectivity index (χ4n) is 2.74. The predicted octanol–water partition coefficient (Wildman–Crippen LogP) is 4.32. The highest BCUT2D eigenvalue weighted by atomic mass is 79.9. The summed E-state index contributed by atoms with van der Waals surface area (Å²) in [6.45, 7) is 2.43. The number of thiophene rings is 1. The third-order valence-electron chi connectivity index (χ3n) is 3.73. The van der Waals surface area contributed by atoms with Crippen LogP contribution in [0.3, 0.4) is 0 Å². The maximum absolute atomic E-state index is 3.60. The van der Waals surface area contributed by atoms with Gasteiger partial charge in [0.25, 0.3) is 0 Å². The second-order valence-corrected chi connectivity index (χ2v) is 6.47. The van der Waals surface area contributed by atoms with Crippen LogP contribution in [-0.4, -0.2) is 29.4 Å². The standard InChI is InChI=1S/C14H22BrNS/c15-8-10-16(14-4-2-1-3-5-14)9-6-13-7-11-17-12-13/h7,11-12,14H,1-6,8-10H2. The van der Waals surface area contributed by atoms with Crippen LogP contribution in [0.1, 0.15) is 37.7 Å². The molecule has 1 aromatic rings. The lowest BCUT2D eigenvalue weighted by Gasteiger charge is -2.34. The molecule has 0 N–H and O–H groups in total. The first-order valence-corrected chi connectivity index (χ1v) is 8.77. The summed E-state index contributed by atoms with van der Waals surface area (Å²) in [6, 6.07) is 3.11. The van der Waals surface area contributed by atoms with Crippen LogP contribution >= 0.6 is 27.3 Å². The Bertz CT molecular complexity index is 293. The number of nitrogens with zero attached hydrogens (tertiary/aromatic N) is 1. The van der Waals surface area contributed by atoms with Crippen LogP contribution in [0, 0.1) is 0 Å². The summed E-state index contributed by atoms with van der Waals surface area (Å²) < 4.78 is 0. The van der Waals surface area contributed by atoms with Gasteiger partial charge in [-0.15, -0.1) is 0 Å². The van der Waals surface area contributed by atoms with Crippen molar-refractivity contribution in [3.05, 3.63) is 22.4 Å². The summed E-state index contributed by atoms with van der Waals surface area (Å²) in [5, 5.41) is 5.57. The largest absolute Gasteiger partial charge is 0.299 e. The topological polar surface area (TPSA) is 3.24 Å². The molecule has 0 atom stereocenters. The first kappa shape index (κ1) is 13.6. The van der Waals surface area contributed by atoms with Gasteiger partial charge in [-0.1, -0.05) is 35.2 Å². The molecule has 1 aromatic heterocycles. The molecule has 0 amide bonds. The molecule has 1 aliphatic rings. The molecule has 0 unspecified atom stereocenters. The summed E-state index contributed by atoms with van der Waals surface area (Å²) in [7, 11) is 0. The summed E-state index contributed by atoms with van der Waals surface area (Å²) in [5.74, 6) is 0. The van der Waals surface area contributed by atoms with Crippen molar-refractivity contribution < 1.29 is 0 Å². The van der Waals surface area contributed by atoms with Crippen LogP contribution in [0.2, 0.25) is 0 Å². The van der Waals surface area contributed by atoms with Crippen molar-refractivity contribution in [1.29, 1.82) is 0 Å². The SMILES string of the molecule is BrCCN(CCc1ccsc1)C1CCCCC1. The van der Waals surface area contributed by atoms with E-state index in [0.29, 0.717) is 0 Å². The predicted molar refractivity (Wildman–Crippen MR) is 80.3 cm³/mol. The average molecular weight is 316 g/mol. The van der Waals surface area contributed by atoms with Crippen molar-refractivity contribution in [2.24, 2.45) is 0 Å². The molecule has 1 heterocycles. The smallest absolute Gasteiger partial charge is 0.0159 e. The fraction of sp³-hybridized carbons (Fsp3) is 0.714. The van der Waals surface area contributed by atoms with Gasteiger partial charge in [-0.05, 0) is 41.7 Å². The minimum absolute atomic E-state index is 0.847. The molecule has 0 spiro atoms. The lowest BCUT2D eigenvalue weighted by molar-refractivity contribution is 0.167. The Morgan fingerprint density at radius 2 is 2.06 bits per heavy atom. The highest BCUT2D eigenvalue weighted by Crippen LogP contribution is 2.23. The zero-order chi connectivity index (χ0) is 11.9. The van der Waals surface area contributed by atoms with E-state index in [9.17, 15) is 0 Å². The van der Waals surface area contributed by atoms with Crippen molar-refractivity contribution in [2.45, 2.75) is 44.6 Å². The molecule has 0 bridgehead atoms. The molecule has 1 aliphatic carbocycles. The first-order valence-electron chi connectivity index (χ1n) is 6.71. The zero-order valence-electron chi connectivity index (χ0n) is 10.4. The van der Waals surface area contributed by atoms with E-state index >= 15 is 0 Å².